The van der Waals surface area contributed by atoms with Gasteiger partial charge in [-0.3, -0.25) is 9.52 Å². The summed E-state index contributed by atoms with van der Waals surface area (Å²) < 4.78 is 32.5. The molecule has 2 aromatic rings. The van der Waals surface area contributed by atoms with E-state index in [-0.39, 0.29) is 32.4 Å². The second-order valence-electron chi connectivity index (χ2n) is 5.04. The van der Waals surface area contributed by atoms with Crippen molar-refractivity contribution in [1.82, 2.24) is 9.97 Å². The summed E-state index contributed by atoms with van der Waals surface area (Å²) in [5, 5.41) is 0.341. The number of benzene rings is 1. The van der Waals surface area contributed by atoms with Crippen LogP contribution < -0.4 is 20.9 Å². The van der Waals surface area contributed by atoms with Crippen LogP contribution in [0.15, 0.2) is 34.3 Å². The molecule has 0 aliphatic carbocycles. The minimum absolute atomic E-state index is 0.0747. The summed E-state index contributed by atoms with van der Waals surface area (Å²) in [5.41, 5.74) is 10.6. The van der Waals surface area contributed by atoms with E-state index in [1.54, 1.807) is 0 Å². The van der Waals surface area contributed by atoms with Crippen molar-refractivity contribution in [3.05, 3.63) is 34.4 Å². The van der Waals surface area contributed by atoms with Crippen LogP contribution in [0.2, 0.25) is 10.0 Å². The Labute approximate surface area is 169 Å². The minimum atomic E-state index is -4.09. The zero-order chi connectivity index (χ0) is 20.2. The molecule has 1 aromatic carbocycles. The molecular formula is C14H15Cl2N5O4S2. The molecule has 27 heavy (non-hydrogen) atoms. The molecule has 0 aliphatic rings. The molecule has 5 N–H and O–H groups in total. The highest BCUT2D eigenvalue weighted by Crippen LogP contribution is 2.31. The molecule has 13 heteroatoms. The van der Waals surface area contributed by atoms with E-state index in [1.807, 2.05) is 0 Å². The highest BCUT2D eigenvalue weighted by atomic mass is 35.5. The highest BCUT2D eigenvalue weighted by molar-refractivity contribution is 7.99. The molecule has 1 atom stereocenters. The molecule has 0 unspecified atom stereocenters. The summed E-state index contributed by atoms with van der Waals surface area (Å²) in [6, 6.07) is 3.36. The van der Waals surface area contributed by atoms with E-state index in [9.17, 15) is 13.2 Å². The zero-order valence-electron chi connectivity index (χ0n) is 13.8. The molecule has 2 rings (SSSR count). The first-order valence-corrected chi connectivity index (χ1v) is 10.4. The number of ether oxygens (including phenoxy) is 1. The molecule has 0 bridgehead atoms. The topological polar surface area (TPSA) is 150 Å². The Bertz CT molecular complexity index is 959. The number of nitrogens with two attached hydrogens (primary N) is 2. The van der Waals surface area contributed by atoms with Crippen LogP contribution in [-0.2, 0) is 14.8 Å². The molecule has 9 nitrogen and oxygen atoms in total. The highest BCUT2D eigenvalue weighted by Gasteiger charge is 2.23. The third kappa shape index (κ3) is 5.36. The first-order chi connectivity index (χ1) is 12.7. The van der Waals surface area contributed by atoms with Crippen molar-refractivity contribution in [1.29, 1.82) is 0 Å². The molecule has 0 saturated carbocycles. The Morgan fingerprint density at radius 3 is 2.74 bits per heavy atom. The lowest BCUT2D eigenvalue weighted by atomic mass is 10.3. The van der Waals surface area contributed by atoms with Crippen molar-refractivity contribution in [2.45, 2.75) is 16.0 Å². The summed E-state index contributed by atoms with van der Waals surface area (Å²) >= 11 is 12.9. The van der Waals surface area contributed by atoms with Crippen molar-refractivity contribution >= 4 is 56.7 Å². The number of rotatable bonds is 8. The van der Waals surface area contributed by atoms with Gasteiger partial charge in [-0.25, -0.2) is 18.4 Å². The number of carbonyl (C=O) groups excluding carboxylic acids is 1. The SMILES string of the molecule is COc1nc(SC[C@H](N)C(N)=O)cnc1NS(=O)(=O)c1cccc(Cl)c1Cl. The number of nitrogens with one attached hydrogen (secondary N) is 1. The van der Waals surface area contributed by atoms with E-state index in [0.717, 1.165) is 11.8 Å². The van der Waals surface area contributed by atoms with E-state index < -0.39 is 22.0 Å². The predicted octanol–water partition coefficient (Wildman–Crippen LogP) is 1.50. The molecule has 0 fully saturated rings. The van der Waals surface area contributed by atoms with Crippen LogP contribution in [0.25, 0.3) is 0 Å². The predicted molar refractivity (Wildman–Crippen MR) is 104 cm³/mol. The van der Waals surface area contributed by atoms with E-state index in [2.05, 4.69) is 14.7 Å². The van der Waals surface area contributed by atoms with Crippen molar-refractivity contribution in [2.24, 2.45) is 11.5 Å². The first-order valence-electron chi connectivity index (χ1n) is 7.21. The van der Waals surface area contributed by atoms with Crippen LogP contribution in [0.4, 0.5) is 5.82 Å². The van der Waals surface area contributed by atoms with Gasteiger partial charge >= 0.3 is 0 Å². The lowest BCUT2D eigenvalue weighted by Gasteiger charge is -2.12. The smallest absolute Gasteiger partial charge is 0.264 e. The number of primary amides is 1. The van der Waals surface area contributed by atoms with Crippen LogP contribution in [0.3, 0.4) is 0 Å². The fourth-order valence-corrected chi connectivity index (χ4v) is 4.33. The lowest BCUT2D eigenvalue weighted by molar-refractivity contribution is -0.118. The number of carbonyl (C=O) groups is 1. The largest absolute Gasteiger partial charge is 0.478 e. The molecule has 1 aromatic heterocycles. The van der Waals surface area contributed by atoms with E-state index in [4.69, 9.17) is 39.4 Å². The summed E-state index contributed by atoms with van der Waals surface area (Å²) in [5.74, 6) is -0.687. The van der Waals surface area contributed by atoms with Crippen LogP contribution >= 0.6 is 35.0 Å². The van der Waals surface area contributed by atoms with Crippen LogP contribution in [0.5, 0.6) is 5.88 Å². The van der Waals surface area contributed by atoms with Crippen molar-refractivity contribution in [3.63, 3.8) is 0 Å². The van der Waals surface area contributed by atoms with Gasteiger partial charge in [-0.15, -0.1) is 11.8 Å². The third-order valence-corrected chi connectivity index (χ3v) is 6.46. The average molecular weight is 452 g/mol. The van der Waals surface area contributed by atoms with Gasteiger partial charge in [0.25, 0.3) is 15.9 Å². The summed E-state index contributed by atoms with van der Waals surface area (Å²) in [7, 11) is -2.78. The Morgan fingerprint density at radius 1 is 1.41 bits per heavy atom. The number of halogens is 2. The first kappa shape index (κ1) is 21.5. The number of hydrogen-bond acceptors (Lipinski definition) is 8. The molecule has 146 valence electrons. The Hall–Kier alpha value is -1.79. The Kier molecular flexibility index (Phi) is 7.12. The maximum atomic E-state index is 12.6. The number of anilines is 1. The van der Waals surface area contributed by atoms with Crippen molar-refractivity contribution < 1.29 is 17.9 Å². The maximum absolute atomic E-state index is 12.6. The maximum Gasteiger partial charge on any atom is 0.264 e. The number of sulfonamides is 1. The Morgan fingerprint density at radius 2 is 2.11 bits per heavy atom. The van der Waals surface area contributed by atoms with Gasteiger partial charge in [0.05, 0.1) is 29.4 Å². The fourth-order valence-electron chi connectivity index (χ4n) is 1.77. The number of aromatic nitrogens is 2. The normalized spacial score (nSPS) is 12.4. The second kappa shape index (κ2) is 8.93. The quantitative estimate of drug-likeness (QED) is 0.510. The molecular weight excluding hydrogens is 437 g/mol. The molecule has 0 saturated heterocycles. The Balaban J connectivity index is 2.26. The van der Waals surface area contributed by atoms with Gasteiger partial charge in [0.1, 0.15) is 9.92 Å². The fraction of sp³-hybridized carbons (Fsp3) is 0.214. The summed E-state index contributed by atoms with van der Waals surface area (Å²) in [6.45, 7) is 0. The van der Waals surface area contributed by atoms with Gasteiger partial charge in [0.2, 0.25) is 11.7 Å². The molecule has 1 amide bonds. The van der Waals surface area contributed by atoms with Gasteiger partial charge in [-0.2, -0.15) is 0 Å². The molecule has 0 aliphatic heterocycles. The molecule has 1 heterocycles. The standard InChI is InChI=1S/C14H15Cl2N5O4S2/c1-25-14-13(19-5-10(20-14)26-6-8(17)12(18)22)21-27(23,24)9-4-2-3-7(15)11(9)16/h2-5,8H,6,17H2,1H3,(H2,18,22)(H,19,21)/t8-/m0/s1. The van der Waals surface area contributed by atoms with Gasteiger partial charge in [-0.1, -0.05) is 29.3 Å². The second-order valence-corrected chi connectivity index (χ2v) is 8.52. The summed E-state index contributed by atoms with van der Waals surface area (Å²) in [6.07, 6.45) is 1.30. The van der Waals surface area contributed by atoms with Crippen molar-refractivity contribution in [3.8, 4) is 5.88 Å². The van der Waals surface area contributed by atoms with Gasteiger partial charge in [0, 0.05) is 5.75 Å². The number of thioether (sulfide) groups is 1. The van der Waals surface area contributed by atoms with Crippen LogP contribution in [0, 0.1) is 0 Å². The number of amides is 1. The van der Waals surface area contributed by atoms with E-state index in [0.29, 0.717) is 5.03 Å². The van der Waals surface area contributed by atoms with Gasteiger partial charge in [-0.05, 0) is 12.1 Å². The lowest BCUT2D eigenvalue weighted by Crippen LogP contribution is -2.38. The van der Waals surface area contributed by atoms with Crippen LogP contribution in [-0.4, -0.2) is 43.2 Å². The number of methoxy groups -OCH3 is 1. The molecule has 0 spiro atoms. The molecule has 0 radical (unpaired) electrons. The zero-order valence-corrected chi connectivity index (χ0v) is 17.0. The third-order valence-electron chi connectivity index (χ3n) is 3.12. The monoisotopic (exact) mass is 451 g/mol. The van der Waals surface area contributed by atoms with E-state index >= 15 is 0 Å². The van der Waals surface area contributed by atoms with Crippen molar-refractivity contribution in [2.75, 3.05) is 17.6 Å². The van der Waals surface area contributed by atoms with E-state index in [1.165, 1.54) is 31.5 Å². The van der Waals surface area contributed by atoms with Crippen LogP contribution in [0.1, 0.15) is 0 Å². The summed E-state index contributed by atoms with van der Waals surface area (Å²) in [4.78, 5) is 18.9. The average Bonchev–Trinajstić information content (AvgIpc) is 2.62. The van der Waals surface area contributed by atoms with Gasteiger partial charge < -0.3 is 16.2 Å². The number of nitrogens with zero attached hydrogens (tertiary/aromatic N) is 2. The van der Waals surface area contributed by atoms with Gasteiger partial charge in [0.15, 0.2) is 0 Å². The minimum Gasteiger partial charge on any atom is -0.478 e. The number of hydrogen-bond donors (Lipinski definition) is 3.